The number of nitrogens with one attached hydrogen (secondary N) is 14. The summed E-state index contributed by atoms with van der Waals surface area (Å²) in [7, 11) is 0. The third-order valence-electron chi connectivity index (χ3n) is 18.2. The largest absolute Gasteiger partial charge is 0.481 e. The second-order valence-electron chi connectivity index (χ2n) is 28.5. The van der Waals surface area contributed by atoms with Gasteiger partial charge in [-0.15, -0.1) is 0 Å². The molecule has 0 bridgehead atoms. The van der Waals surface area contributed by atoms with E-state index in [4.69, 9.17) is 28.0 Å². The molecule has 0 unspecified atom stereocenters. The van der Waals surface area contributed by atoms with Gasteiger partial charge in [-0.1, -0.05) is 96.5 Å². The fraction of sp³-hybridized carbons (Fsp3) is 0.573. The van der Waals surface area contributed by atoms with E-state index in [0.29, 0.717) is 48.7 Å². The van der Waals surface area contributed by atoms with E-state index >= 15 is 0 Å². The van der Waals surface area contributed by atoms with Crippen LogP contribution in [0.25, 0.3) is 10.9 Å². The SMILES string of the molecule is CC[C@H](C)[C@H](NC(=O)[C@H](Cc1ccccc1)NC(=O)[C@H](CCC(=O)O)NC(=O)[C@H](CCCCN)NC(=O)[C@H](C)NC(=O)[C@H](C)NC(=O)[C@H](CCC(N)=O)NC(=O)CNC(=O)[C@@H](N)CCC(=O)O)C(=O)N[C@@H](C)C(=O)N[C@@H](Cc1c[nH]c2ccccc12)C(=O)N[C@@H](CC(C)C)C(=O)N[C@H](C(=O)N[C](C=O)CCCCN)C(C)C. The molecule has 2 aromatic carbocycles. The lowest BCUT2D eigenvalue weighted by molar-refractivity contribution is -0.139. The van der Waals surface area contributed by atoms with Crippen molar-refractivity contribution < 1.29 is 91.7 Å². The van der Waals surface area contributed by atoms with Crippen molar-refractivity contribution in [3.63, 3.8) is 0 Å². The Bertz CT molecular complexity index is 3690. The van der Waals surface area contributed by atoms with Crippen LogP contribution in [-0.4, -0.2) is 208 Å². The van der Waals surface area contributed by atoms with Crippen molar-refractivity contribution in [2.45, 2.75) is 238 Å². The Morgan fingerprint density at radius 3 is 1.51 bits per heavy atom. The highest BCUT2D eigenvalue weighted by atomic mass is 16.4. The van der Waals surface area contributed by atoms with Gasteiger partial charge in [0.1, 0.15) is 78.8 Å². The van der Waals surface area contributed by atoms with Crippen molar-refractivity contribution in [2.75, 3.05) is 19.6 Å². The Kier molecular flexibility index (Phi) is 42.0. The number of aliphatic carboxylic acids is 2. The number of amides is 14. The molecule has 1 radical (unpaired) electrons. The van der Waals surface area contributed by atoms with Gasteiger partial charge in [-0.3, -0.25) is 76.7 Å². The topological polar surface area (TPSA) is 607 Å². The summed E-state index contributed by atoms with van der Waals surface area (Å²) in [5.41, 5.74) is 24.2. The number of benzene rings is 2. The number of H-pyrrole nitrogens is 1. The number of para-hydroxylation sites is 1. The molecule has 14 amide bonds. The number of carboxylic acids is 2. The van der Waals surface area contributed by atoms with Crippen LogP contribution in [0.15, 0.2) is 60.8 Å². The number of nitrogens with two attached hydrogens (primary N) is 4. The number of unbranched alkanes of at least 4 members (excludes halogenated alkanes) is 2. The van der Waals surface area contributed by atoms with Crippen molar-refractivity contribution >= 4 is 112 Å². The zero-order valence-electron chi connectivity index (χ0n) is 65.1. The summed E-state index contributed by atoms with van der Waals surface area (Å²) in [4.78, 5) is 231. The van der Waals surface area contributed by atoms with Gasteiger partial charge in [0.2, 0.25) is 82.7 Å². The molecule has 3 aromatic rings. The maximum atomic E-state index is 14.8. The molecule has 0 fully saturated rings. The number of aromatic nitrogens is 1. The number of fused-ring (bicyclic) bond motifs is 1. The van der Waals surface area contributed by atoms with Gasteiger partial charge in [0.25, 0.3) is 0 Å². The van der Waals surface area contributed by atoms with E-state index in [1.165, 1.54) is 20.8 Å². The van der Waals surface area contributed by atoms with Gasteiger partial charge < -0.3 is 112 Å². The van der Waals surface area contributed by atoms with Crippen LogP contribution < -0.4 is 92.1 Å². The molecule has 619 valence electrons. The molecule has 0 saturated heterocycles. The highest BCUT2D eigenvalue weighted by molar-refractivity contribution is 6.00. The third kappa shape index (κ3) is 34.1. The molecular formula is C75H115N18O19. The number of primary amides is 1. The number of hydrogen-bond acceptors (Lipinski definition) is 20. The van der Waals surface area contributed by atoms with Crippen LogP contribution in [0.3, 0.4) is 0 Å². The number of carbonyl (C=O) groups is 17. The zero-order chi connectivity index (χ0) is 83.9. The van der Waals surface area contributed by atoms with E-state index in [9.17, 15) is 86.6 Å². The monoisotopic (exact) mass is 1570 g/mol. The van der Waals surface area contributed by atoms with Crippen molar-refractivity contribution in [3.05, 3.63) is 78.0 Å². The van der Waals surface area contributed by atoms with E-state index in [1.54, 1.807) is 76.4 Å². The molecular weight excluding hydrogens is 1460 g/mol. The third-order valence-corrected chi connectivity index (χ3v) is 18.2. The second kappa shape index (κ2) is 49.3. The van der Waals surface area contributed by atoms with Gasteiger partial charge in [0.05, 0.1) is 12.6 Å². The molecule has 1 heterocycles. The number of hydrogen-bond donors (Lipinski definition) is 20. The van der Waals surface area contributed by atoms with Crippen LogP contribution in [-0.2, 0) is 94.3 Å². The molecule has 3 rings (SSSR count). The van der Waals surface area contributed by atoms with Gasteiger partial charge in [0, 0.05) is 49.2 Å². The zero-order valence-corrected chi connectivity index (χ0v) is 65.1. The summed E-state index contributed by atoms with van der Waals surface area (Å²) in [6.07, 6.45) is 1.31. The summed E-state index contributed by atoms with van der Waals surface area (Å²) < 4.78 is 0. The predicted molar refractivity (Wildman–Crippen MR) is 411 cm³/mol. The Hall–Kier alpha value is -11.0. The first kappa shape index (κ1) is 95.3. The van der Waals surface area contributed by atoms with E-state index < -0.39 is 211 Å². The number of aldehydes is 1. The average molecular weight is 1570 g/mol. The lowest BCUT2D eigenvalue weighted by Gasteiger charge is -2.29. The Morgan fingerprint density at radius 1 is 0.464 bits per heavy atom. The first-order chi connectivity index (χ1) is 52.9. The van der Waals surface area contributed by atoms with Crippen LogP contribution in [0.1, 0.15) is 163 Å². The molecule has 13 atom stereocenters. The van der Waals surface area contributed by atoms with E-state index in [2.05, 4.69) is 74.1 Å². The fourth-order valence-corrected chi connectivity index (χ4v) is 11.5. The van der Waals surface area contributed by atoms with Crippen LogP contribution in [0.2, 0.25) is 0 Å². The molecule has 37 heteroatoms. The van der Waals surface area contributed by atoms with Crippen molar-refractivity contribution in [1.82, 2.24) is 74.1 Å². The number of rotatable bonds is 53. The molecule has 0 saturated carbocycles. The van der Waals surface area contributed by atoms with Gasteiger partial charge in [-0.2, -0.15) is 0 Å². The summed E-state index contributed by atoms with van der Waals surface area (Å²) in [5.74, 6) is -16.4. The minimum absolute atomic E-state index is 0.0845. The summed E-state index contributed by atoms with van der Waals surface area (Å²) >= 11 is 0. The first-order valence-electron chi connectivity index (χ1n) is 37.6. The number of carboxylic acid groups (broad SMARTS) is 2. The maximum Gasteiger partial charge on any atom is 0.303 e. The summed E-state index contributed by atoms with van der Waals surface area (Å²) in [6.45, 7) is 14.0. The standard InChI is InChI=1S/C75H115N18O19/c1-10-42(6)63(75(112)84-45(9)66(103)89-57(36-47-37-80-51-24-15-14-23-49(47)51)71(108)90-55(34-40(2)3)72(109)92-62(41(4)5)74(111)85-48(39-94)22-16-18-32-76)93-73(110)56(35-46-20-12-11-13-21-46)91-70(107)54(28-31-61(99)100)88-69(106)52(25-17-19-33-77)87-65(102)44(8)82-64(101)43(7)83-68(105)53(27-29-58(79)95)86-59(96)38-81-67(104)50(78)26-30-60(97)98/h11-15,20-21,23-24,37,39-45,50,52-57,62-63,80H,10,16-19,22,25-36,38,76-78H2,1-9H3,(H2,79,95)(H,81,104)(H,82,101)(H,83,105)(H,84,112)(H,85,111)(H,86,96)(H,87,102)(H,88,106)(H,89,103)(H,90,108)(H,91,107)(H,92,109)(H,93,110)(H,97,98)(H,99,100)/t42-,43-,44-,45-,50-,52-,53-,54-,55-,56-,57-,62-,63-/m0/s1. The lowest BCUT2D eigenvalue weighted by Crippen LogP contribution is -2.61. The van der Waals surface area contributed by atoms with Gasteiger partial charge in [-0.05, 0) is 133 Å². The van der Waals surface area contributed by atoms with Crippen molar-refractivity contribution in [3.8, 4) is 0 Å². The normalized spacial score (nSPS) is 14.7. The highest BCUT2D eigenvalue weighted by Gasteiger charge is 2.38. The molecule has 112 heavy (non-hydrogen) atoms. The quantitative estimate of drug-likeness (QED) is 0.0208. The molecule has 0 aliphatic carbocycles. The van der Waals surface area contributed by atoms with E-state index in [1.807, 2.05) is 26.0 Å². The lowest BCUT2D eigenvalue weighted by atomic mass is 9.96. The van der Waals surface area contributed by atoms with E-state index in [-0.39, 0.29) is 76.3 Å². The van der Waals surface area contributed by atoms with Crippen LogP contribution in [0.5, 0.6) is 0 Å². The molecule has 0 aliphatic heterocycles. The predicted octanol–water partition coefficient (Wildman–Crippen LogP) is -2.36. The highest BCUT2D eigenvalue weighted by Crippen LogP contribution is 2.21. The average Bonchev–Trinajstić information content (AvgIpc) is 1.62. The van der Waals surface area contributed by atoms with Crippen molar-refractivity contribution in [1.29, 1.82) is 0 Å². The minimum atomic E-state index is -1.71. The number of aromatic amines is 1. The van der Waals surface area contributed by atoms with Crippen LogP contribution >= 0.6 is 0 Å². The Morgan fingerprint density at radius 2 is 0.929 bits per heavy atom. The van der Waals surface area contributed by atoms with E-state index in [0.717, 1.165) is 5.39 Å². The first-order valence-corrected chi connectivity index (χ1v) is 37.6. The summed E-state index contributed by atoms with van der Waals surface area (Å²) in [5, 5.41) is 52.6. The van der Waals surface area contributed by atoms with Gasteiger partial charge in [-0.25, -0.2) is 0 Å². The van der Waals surface area contributed by atoms with Gasteiger partial charge >= 0.3 is 11.9 Å². The second-order valence-corrected chi connectivity index (χ2v) is 28.5. The molecule has 37 nitrogen and oxygen atoms in total. The fourth-order valence-electron chi connectivity index (χ4n) is 11.5. The minimum Gasteiger partial charge on any atom is -0.481 e. The molecule has 1 aromatic heterocycles. The smallest absolute Gasteiger partial charge is 0.303 e. The molecule has 0 aliphatic rings. The van der Waals surface area contributed by atoms with Crippen molar-refractivity contribution in [2.24, 2.45) is 40.7 Å². The number of carbonyl (C=O) groups excluding carboxylic acids is 15. The maximum absolute atomic E-state index is 14.8. The van der Waals surface area contributed by atoms with Crippen LogP contribution in [0, 0.1) is 23.8 Å². The summed E-state index contributed by atoms with van der Waals surface area (Å²) in [6, 6.07) is -1.42. The van der Waals surface area contributed by atoms with Gasteiger partial charge in [0.15, 0.2) is 0 Å². The Labute approximate surface area is 650 Å². The molecule has 24 N–H and O–H groups in total. The van der Waals surface area contributed by atoms with Crippen LogP contribution in [0.4, 0.5) is 0 Å². The Balaban J connectivity index is 1.89. The molecule has 0 spiro atoms.